The molecule has 4 heteroatoms. The van der Waals surface area contributed by atoms with Gasteiger partial charge in [-0.3, -0.25) is 0 Å². The van der Waals surface area contributed by atoms with Crippen LogP contribution >= 0.6 is 12.4 Å². The Bertz CT molecular complexity index is 393. The van der Waals surface area contributed by atoms with Crippen LogP contribution in [0.25, 0.3) is 0 Å². The van der Waals surface area contributed by atoms with Crippen LogP contribution < -0.4 is 15.2 Å². The van der Waals surface area contributed by atoms with Crippen molar-refractivity contribution in [2.24, 2.45) is 5.73 Å². The van der Waals surface area contributed by atoms with Crippen molar-refractivity contribution < 1.29 is 9.47 Å². The summed E-state index contributed by atoms with van der Waals surface area (Å²) in [6.07, 6.45) is 0.764. The van der Waals surface area contributed by atoms with Gasteiger partial charge in [-0.25, -0.2) is 0 Å². The van der Waals surface area contributed by atoms with Crippen LogP contribution in [0.15, 0.2) is 30.4 Å². The molecule has 0 fully saturated rings. The quantitative estimate of drug-likeness (QED) is 0.828. The summed E-state index contributed by atoms with van der Waals surface area (Å²) in [6, 6.07) is 5.72. The standard InChI is InChI=1S/C12H15NO2.ClH/c1-8(2)6-10(13)9-4-3-5-11-12(9)15-7-14-11;/h3-5,10H,1,6-7,13H2,2H3;1H/t10-;/m1./s1. The van der Waals surface area contributed by atoms with E-state index < -0.39 is 0 Å². The maximum absolute atomic E-state index is 6.07. The third-order valence-electron chi connectivity index (χ3n) is 2.39. The number of benzene rings is 1. The molecule has 88 valence electrons. The van der Waals surface area contributed by atoms with Gasteiger partial charge in [0.15, 0.2) is 11.5 Å². The molecule has 1 aromatic rings. The van der Waals surface area contributed by atoms with Crippen LogP contribution in [0, 0.1) is 0 Å². The van der Waals surface area contributed by atoms with Crippen LogP contribution in [0.2, 0.25) is 0 Å². The highest BCUT2D eigenvalue weighted by atomic mass is 35.5. The smallest absolute Gasteiger partial charge is 0.231 e. The number of fused-ring (bicyclic) bond motifs is 1. The normalized spacial score (nSPS) is 14.1. The highest BCUT2D eigenvalue weighted by Crippen LogP contribution is 2.38. The minimum Gasteiger partial charge on any atom is -0.454 e. The van der Waals surface area contributed by atoms with Crippen molar-refractivity contribution in [2.75, 3.05) is 6.79 Å². The molecule has 0 spiro atoms. The van der Waals surface area contributed by atoms with E-state index in [2.05, 4.69) is 6.58 Å². The Hall–Kier alpha value is -1.19. The molecule has 1 atom stereocenters. The first-order chi connectivity index (χ1) is 7.18. The van der Waals surface area contributed by atoms with Crippen molar-refractivity contribution in [1.29, 1.82) is 0 Å². The van der Waals surface area contributed by atoms with Gasteiger partial charge in [0.05, 0.1) is 0 Å². The van der Waals surface area contributed by atoms with Crippen molar-refractivity contribution in [1.82, 2.24) is 0 Å². The van der Waals surface area contributed by atoms with E-state index in [1.165, 1.54) is 0 Å². The second-order valence-electron chi connectivity index (χ2n) is 3.85. The lowest BCUT2D eigenvalue weighted by Crippen LogP contribution is -2.11. The number of hydrogen-bond donors (Lipinski definition) is 1. The van der Waals surface area contributed by atoms with E-state index in [1.807, 2.05) is 25.1 Å². The summed E-state index contributed by atoms with van der Waals surface area (Å²) >= 11 is 0. The third-order valence-corrected chi connectivity index (χ3v) is 2.39. The number of nitrogens with two attached hydrogens (primary N) is 1. The second kappa shape index (κ2) is 5.23. The zero-order chi connectivity index (χ0) is 10.8. The third kappa shape index (κ3) is 2.49. The predicted octanol–water partition coefficient (Wildman–Crippen LogP) is 2.80. The van der Waals surface area contributed by atoms with E-state index in [9.17, 15) is 0 Å². The summed E-state index contributed by atoms with van der Waals surface area (Å²) in [5.41, 5.74) is 8.13. The second-order valence-corrected chi connectivity index (χ2v) is 3.85. The van der Waals surface area contributed by atoms with Gasteiger partial charge < -0.3 is 15.2 Å². The van der Waals surface area contributed by atoms with E-state index in [4.69, 9.17) is 15.2 Å². The molecule has 0 saturated carbocycles. The van der Waals surface area contributed by atoms with Crippen molar-refractivity contribution in [3.8, 4) is 11.5 Å². The van der Waals surface area contributed by atoms with Crippen LogP contribution in [0.3, 0.4) is 0 Å². The SMILES string of the molecule is C=C(C)C[C@@H](N)c1cccc2c1OCO2.Cl. The summed E-state index contributed by atoms with van der Waals surface area (Å²) in [5, 5.41) is 0. The average Bonchev–Trinajstić information content (AvgIpc) is 2.63. The van der Waals surface area contributed by atoms with E-state index in [0.717, 1.165) is 29.1 Å². The molecule has 2 rings (SSSR count). The van der Waals surface area contributed by atoms with Gasteiger partial charge in [0.2, 0.25) is 6.79 Å². The lowest BCUT2D eigenvalue weighted by molar-refractivity contribution is 0.173. The molecular weight excluding hydrogens is 226 g/mol. The van der Waals surface area contributed by atoms with Crippen LogP contribution in [0.1, 0.15) is 24.9 Å². The summed E-state index contributed by atoms with van der Waals surface area (Å²) in [4.78, 5) is 0. The largest absolute Gasteiger partial charge is 0.454 e. The van der Waals surface area contributed by atoms with Gasteiger partial charge in [-0.05, 0) is 19.4 Å². The van der Waals surface area contributed by atoms with Gasteiger partial charge in [0.1, 0.15) is 0 Å². The first-order valence-corrected chi connectivity index (χ1v) is 4.97. The molecule has 1 aromatic carbocycles. The maximum atomic E-state index is 6.07. The van der Waals surface area contributed by atoms with Crippen molar-refractivity contribution in [3.63, 3.8) is 0 Å². The molecule has 0 radical (unpaired) electrons. The fraction of sp³-hybridized carbons (Fsp3) is 0.333. The Balaban J connectivity index is 0.00000128. The molecule has 1 aliphatic rings. The van der Waals surface area contributed by atoms with Gasteiger partial charge in [0.25, 0.3) is 0 Å². The number of halogens is 1. The molecule has 2 N–H and O–H groups in total. The summed E-state index contributed by atoms with van der Waals surface area (Å²) in [7, 11) is 0. The first-order valence-electron chi connectivity index (χ1n) is 4.97. The van der Waals surface area contributed by atoms with Crippen molar-refractivity contribution >= 4 is 12.4 Å². The zero-order valence-corrected chi connectivity index (χ0v) is 10.0. The molecule has 0 amide bonds. The lowest BCUT2D eigenvalue weighted by atomic mass is 10.00. The molecule has 0 unspecified atom stereocenters. The maximum Gasteiger partial charge on any atom is 0.231 e. The Kier molecular flexibility index (Phi) is 4.21. The summed E-state index contributed by atoms with van der Waals surface area (Å²) in [6.45, 7) is 6.12. The van der Waals surface area contributed by atoms with E-state index in [0.29, 0.717) is 0 Å². The molecule has 0 bridgehead atoms. The molecule has 16 heavy (non-hydrogen) atoms. The Morgan fingerprint density at radius 1 is 1.50 bits per heavy atom. The van der Waals surface area contributed by atoms with Crippen molar-refractivity contribution in [3.05, 3.63) is 35.9 Å². The van der Waals surface area contributed by atoms with Gasteiger partial charge in [0, 0.05) is 11.6 Å². The summed E-state index contributed by atoms with van der Waals surface area (Å²) < 4.78 is 10.7. The fourth-order valence-electron chi connectivity index (χ4n) is 1.73. The minimum atomic E-state index is -0.0702. The van der Waals surface area contributed by atoms with Crippen LogP contribution in [0.5, 0.6) is 11.5 Å². The molecule has 1 heterocycles. The van der Waals surface area contributed by atoms with E-state index in [1.54, 1.807) is 0 Å². The molecule has 0 aromatic heterocycles. The molecule has 0 aliphatic carbocycles. The van der Waals surface area contributed by atoms with E-state index >= 15 is 0 Å². The number of rotatable bonds is 3. The molecule has 3 nitrogen and oxygen atoms in total. The number of hydrogen-bond acceptors (Lipinski definition) is 3. The van der Waals surface area contributed by atoms with Gasteiger partial charge in [-0.2, -0.15) is 0 Å². The molecule has 1 aliphatic heterocycles. The zero-order valence-electron chi connectivity index (χ0n) is 9.23. The van der Waals surface area contributed by atoms with E-state index in [-0.39, 0.29) is 25.2 Å². The predicted molar refractivity (Wildman–Crippen MR) is 66.2 cm³/mol. The Labute approximate surface area is 102 Å². The lowest BCUT2D eigenvalue weighted by Gasteiger charge is -2.13. The van der Waals surface area contributed by atoms with Crippen LogP contribution in [0.4, 0.5) is 0 Å². The van der Waals surface area contributed by atoms with Gasteiger partial charge in [-0.15, -0.1) is 19.0 Å². The van der Waals surface area contributed by atoms with Gasteiger partial charge in [-0.1, -0.05) is 17.7 Å². The highest BCUT2D eigenvalue weighted by molar-refractivity contribution is 5.85. The Morgan fingerprint density at radius 3 is 2.94 bits per heavy atom. The van der Waals surface area contributed by atoms with Crippen molar-refractivity contribution in [2.45, 2.75) is 19.4 Å². The molecular formula is C12H16ClNO2. The fourth-order valence-corrected chi connectivity index (χ4v) is 1.73. The summed E-state index contributed by atoms with van der Waals surface area (Å²) in [5.74, 6) is 1.57. The number of ether oxygens (including phenoxy) is 2. The topological polar surface area (TPSA) is 44.5 Å². The number of para-hydroxylation sites is 1. The minimum absolute atomic E-state index is 0. The van der Waals surface area contributed by atoms with Gasteiger partial charge >= 0.3 is 0 Å². The highest BCUT2D eigenvalue weighted by Gasteiger charge is 2.20. The van der Waals surface area contributed by atoms with Crippen LogP contribution in [-0.2, 0) is 0 Å². The monoisotopic (exact) mass is 241 g/mol. The Morgan fingerprint density at radius 2 is 2.25 bits per heavy atom. The average molecular weight is 242 g/mol. The van der Waals surface area contributed by atoms with Crippen LogP contribution in [-0.4, -0.2) is 6.79 Å². The molecule has 0 saturated heterocycles. The first kappa shape index (κ1) is 12.9.